The normalized spacial score (nSPS) is 12.0. The smallest absolute Gasteiger partial charge is 0.416 e. The van der Waals surface area contributed by atoms with Crippen LogP contribution in [0.25, 0.3) is 11.3 Å². The first-order chi connectivity index (χ1) is 11.0. The average Bonchev–Trinajstić information content (AvgIpc) is 3.02. The Balaban J connectivity index is 1.84. The predicted octanol–water partition coefficient (Wildman–Crippen LogP) is 5.72. The van der Waals surface area contributed by atoms with E-state index in [1.807, 2.05) is 30.3 Å². The summed E-state index contributed by atoms with van der Waals surface area (Å²) >= 11 is 0. The summed E-state index contributed by atoms with van der Waals surface area (Å²) in [7, 11) is 0. The topological polar surface area (TPSA) is 25.5 Å². The lowest BCUT2D eigenvalue weighted by Crippen LogP contribution is -2.04. The van der Waals surface area contributed by atoms with Gasteiger partial charge in [-0.05, 0) is 36.4 Å². The van der Waals surface area contributed by atoms with E-state index >= 15 is 0 Å². The molecule has 0 amide bonds. The van der Waals surface area contributed by atoms with Crippen LogP contribution in [0.2, 0.25) is 0 Å². The summed E-state index contributed by atoms with van der Waals surface area (Å²) in [5.41, 5.74) is 0.439. The van der Waals surface area contributed by atoms with E-state index in [0.29, 0.717) is 17.1 Å². The van der Waals surface area contributed by atoms with Crippen molar-refractivity contribution in [1.82, 2.24) is 0 Å². The number of hydrogen-bond donors (Lipinski definition) is 0. The van der Waals surface area contributed by atoms with Crippen LogP contribution < -0.4 is 0 Å². The summed E-state index contributed by atoms with van der Waals surface area (Å²) in [5, 5.41) is 0. The van der Waals surface area contributed by atoms with Crippen molar-refractivity contribution in [2.75, 3.05) is 0 Å². The Hall–Kier alpha value is -2.82. The molecule has 2 aromatic carbocycles. The molecule has 0 radical (unpaired) electrons. The van der Waals surface area contributed by atoms with Crippen LogP contribution in [0.5, 0.6) is 0 Å². The summed E-state index contributed by atoms with van der Waals surface area (Å²) in [6.45, 7) is 0. The molecule has 2 nitrogen and oxygen atoms in total. The van der Waals surface area contributed by atoms with Crippen molar-refractivity contribution in [2.45, 2.75) is 6.18 Å². The number of hydrogen-bond acceptors (Lipinski definition) is 2. The minimum atomic E-state index is -4.37. The summed E-state index contributed by atoms with van der Waals surface area (Å²) in [6.07, 6.45) is -2.84. The lowest BCUT2D eigenvalue weighted by molar-refractivity contribution is -0.137. The average molecular weight is 315 g/mol. The molecule has 0 atom stereocenters. The Morgan fingerprint density at radius 1 is 0.870 bits per heavy atom. The van der Waals surface area contributed by atoms with Crippen molar-refractivity contribution < 1.29 is 17.6 Å². The SMILES string of the molecule is FC(F)(F)c1cccc(-c2ccc(C=Nc3ccccc3)o2)c1. The number of nitrogens with zero attached hydrogens (tertiary/aromatic N) is 1. The highest BCUT2D eigenvalue weighted by molar-refractivity contribution is 5.79. The fourth-order valence-corrected chi connectivity index (χ4v) is 2.08. The van der Waals surface area contributed by atoms with Crippen molar-refractivity contribution in [3.63, 3.8) is 0 Å². The van der Waals surface area contributed by atoms with Crippen LogP contribution in [0.4, 0.5) is 18.9 Å². The van der Waals surface area contributed by atoms with Gasteiger partial charge in [-0.3, -0.25) is 4.99 Å². The first-order valence-corrected chi connectivity index (χ1v) is 6.89. The van der Waals surface area contributed by atoms with Crippen LogP contribution in [0.3, 0.4) is 0 Å². The Morgan fingerprint density at radius 3 is 2.39 bits per heavy atom. The number of furan rings is 1. The first-order valence-electron chi connectivity index (χ1n) is 6.89. The molecule has 0 unspecified atom stereocenters. The zero-order valence-corrected chi connectivity index (χ0v) is 11.9. The molecule has 0 aliphatic heterocycles. The largest absolute Gasteiger partial charge is 0.455 e. The Bertz CT molecular complexity index is 820. The van der Waals surface area contributed by atoms with Crippen LogP contribution in [0, 0.1) is 0 Å². The Morgan fingerprint density at radius 2 is 1.65 bits per heavy atom. The van der Waals surface area contributed by atoms with Gasteiger partial charge in [0, 0.05) is 5.56 Å². The summed E-state index contributed by atoms with van der Waals surface area (Å²) in [4.78, 5) is 4.24. The number of para-hydroxylation sites is 1. The highest BCUT2D eigenvalue weighted by Gasteiger charge is 2.30. The van der Waals surface area contributed by atoms with Crippen molar-refractivity contribution >= 4 is 11.9 Å². The summed E-state index contributed by atoms with van der Waals surface area (Å²) in [6, 6.07) is 17.6. The minimum Gasteiger partial charge on any atom is -0.455 e. The molecule has 5 heteroatoms. The zero-order chi connectivity index (χ0) is 16.3. The molecule has 0 saturated carbocycles. The molecular formula is C18H12F3NO. The second-order valence-electron chi connectivity index (χ2n) is 4.87. The van der Waals surface area contributed by atoms with Crippen LogP contribution in [-0.2, 0) is 6.18 Å². The fraction of sp³-hybridized carbons (Fsp3) is 0.0556. The molecule has 0 bridgehead atoms. The maximum absolute atomic E-state index is 12.7. The van der Waals surface area contributed by atoms with E-state index in [4.69, 9.17) is 4.42 Å². The van der Waals surface area contributed by atoms with Gasteiger partial charge in [0.1, 0.15) is 11.5 Å². The van der Waals surface area contributed by atoms with Crippen molar-refractivity contribution in [3.05, 3.63) is 78.1 Å². The quantitative estimate of drug-likeness (QED) is 0.568. The van der Waals surface area contributed by atoms with Gasteiger partial charge in [0.25, 0.3) is 0 Å². The molecule has 1 aromatic heterocycles. The molecule has 0 saturated heterocycles. The van der Waals surface area contributed by atoms with E-state index < -0.39 is 11.7 Å². The van der Waals surface area contributed by atoms with Gasteiger partial charge in [-0.15, -0.1) is 0 Å². The van der Waals surface area contributed by atoms with Crippen LogP contribution >= 0.6 is 0 Å². The highest BCUT2D eigenvalue weighted by atomic mass is 19.4. The van der Waals surface area contributed by atoms with Gasteiger partial charge < -0.3 is 4.42 Å². The number of halogens is 3. The highest BCUT2D eigenvalue weighted by Crippen LogP contribution is 2.32. The molecule has 0 spiro atoms. The van der Waals surface area contributed by atoms with Gasteiger partial charge in [-0.25, -0.2) is 0 Å². The number of aliphatic imine (C=N–C) groups is 1. The third kappa shape index (κ3) is 3.69. The lowest BCUT2D eigenvalue weighted by Gasteiger charge is -2.07. The molecule has 0 fully saturated rings. The molecule has 0 aliphatic carbocycles. The third-order valence-electron chi connectivity index (χ3n) is 3.20. The first kappa shape index (κ1) is 15.1. The molecular weight excluding hydrogens is 303 g/mol. The monoisotopic (exact) mass is 315 g/mol. The summed E-state index contributed by atoms with van der Waals surface area (Å²) < 4.78 is 43.8. The number of rotatable bonds is 3. The van der Waals surface area contributed by atoms with Gasteiger partial charge in [-0.2, -0.15) is 13.2 Å². The van der Waals surface area contributed by atoms with E-state index in [0.717, 1.165) is 17.8 Å². The van der Waals surface area contributed by atoms with Crippen LogP contribution in [-0.4, -0.2) is 6.21 Å². The molecule has 23 heavy (non-hydrogen) atoms. The molecule has 3 rings (SSSR count). The molecule has 0 N–H and O–H groups in total. The van der Waals surface area contributed by atoms with Gasteiger partial charge in [0.05, 0.1) is 17.5 Å². The van der Waals surface area contributed by atoms with E-state index in [1.54, 1.807) is 18.2 Å². The van der Waals surface area contributed by atoms with Crippen molar-refractivity contribution in [1.29, 1.82) is 0 Å². The number of alkyl halides is 3. The molecule has 0 aliphatic rings. The predicted molar refractivity (Wildman–Crippen MR) is 82.8 cm³/mol. The van der Waals surface area contributed by atoms with E-state index in [-0.39, 0.29) is 0 Å². The second kappa shape index (κ2) is 6.12. The Labute approximate surface area is 130 Å². The van der Waals surface area contributed by atoms with Gasteiger partial charge in [-0.1, -0.05) is 30.3 Å². The second-order valence-corrected chi connectivity index (χ2v) is 4.87. The van der Waals surface area contributed by atoms with Crippen LogP contribution in [0.1, 0.15) is 11.3 Å². The lowest BCUT2D eigenvalue weighted by atomic mass is 10.1. The third-order valence-corrected chi connectivity index (χ3v) is 3.20. The van der Waals surface area contributed by atoms with Gasteiger partial charge in [0.2, 0.25) is 0 Å². The molecule has 116 valence electrons. The Kier molecular flexibility index (Phi) is 4.02. The number of benzene rings is 2. The van der Waals surface area contributed by atoms with E-state index in [2.05, 4.69) is 4.99 Å². The molecule has 1 heterocycles. The maximum Gasteiger partial charge on any atom is 0.416 e. The van der Waals surface area contributed by atoms with E-state index in [9.17, 15) is 13.2 Å². The van der Waals surface area contributed by atoms with Crippen molar-refractivity contribution in [2.24, 2.45) is 4.99 Å². The standard InChI is InChI=1S/C18H12F3NO/c19-18(20,21)14-6-4-5-13(11-14)17-10-9-16(23-17)12-22-15-7-2-1-3-8-15/h1-12H. The summed E-state index contributed by atoms with van der Waals surface area (Å²) in [5.74, 6) is 0.840. The zero-order valence-electron chi connectivity index (χ0n) is 11.9. The van der Waals surface area contributed by atoms with Gasteiger partial charge >= 0.3 is 6.18 Å². The maximum atomic E-state index is 12.7. The van der Waals surface area contributed by atoms with Crippen molar-refractivity contribution in [3.8, 4) is 11.3 Å². The molecule has 3 aromatic rings. The fourth-order valence-electron chi connectivity index (χ4n) is 2.08. The van der Waals surface area contributed by atoms with Crippen LogP contribution in [0.15, 0.2) is 76.1 Å². The van der Waals surface area contributed by atoms with E-state index in [1.165, 1.54) is 12.3 Å². The van der Waals surface area contributed by atoms with Gasteiger partial charge in [0.15, 0.2) is 0 Å². The minimum absolute atomic E-state index is 0.366.